The van der Waals surface area contributed by atoms with Gasteiger partial charge in [-0.1, -0.05) is 31.8 Å². The number of aromatic nitrogens is 2. The van der Waals surface area contributed by atoms with Crippen LogP contribution in [0, 0.1) is 0 Å². The molecule has 0 radical (unpaired) electrons. The summed E-state index contributed by atoms with van der Waals surface area (Å²) in [6.45, 7) is 5.93. The molecule has 1 heterocycles. The fourth-order valence-corrected chi connectivity index (χ4v) is 1.94. The minimum Gasteiger partial charge on any atom is -0.465 e. The summed E-state index contributed by atoms with van der Waals surface area (Å²) in [6.07, 6.45) is 3.08. The lowest BCUT2D eigenvalue weighted by Gasteiger charge is -2.09. The van der Waals surface area contributed by atoms with E-state index in [0.29, 0.717) is 17.6 Å². The molecule has 6 heteroatoms. The summed E-state index contributed by atoms with van der Waals surface area (Å²) in [5.41, 5.74) is 0. The van der Waals surface area contributed by atoms with Crippen molar-refractivity contribution < 1.29 is 14.4 Å². The summed E-state index contributed by atoms with van der Waals surface area (Å²) in [7, 11) is 0. The van der Waals surface area contributed by atoms with E-state index in [2.05, 4.69) is 29.3 Å². The molecule has 0 saturated heterocycles. The van der Waals surface area contributed by atoms with Crippen molar-refractivity contribution in [3.63, 3.8) is 0 Å². The summed E-state index contributed by atoms with van der Waals surface area (Å²) in [4.78, 5) is 14.8. The van der Waals surface area contributed by atoms with E-state index in [1.165, 1.54) is 0 Å². The van der Waals surface area contributed by atoms with Gasteiger partial charge in [0.1, 0.15) is 6.04 Å². The topological polar surface area (TPSA) is 88.2 Å². The van der Waals surface area contributed by atoms with Gasteiger partial charge in [0, 0.05) is 5.92 Å². The average Bonchev–Trinajstić information content (AvgIpc) is 2.77. The van der Waals surface area contributed by atoms with E-state index < -0.39 is 12.1 Å². The molecule has 0 bridgehead atoms. The van der Waals surface area contributed by atoms with Crippen LogP contribution in [0.15, 0.2) is 4.52 Å². The molecule has 0 saturated carbocycles. The van der Waals surface area contributed by atoms with Gasteiger partial charge in [0.25, 0.3) is 0 Å². The molecule has 1 rings (SSSR count). The molecule has 102 valence electrons. The number of carboxylic acid groups (broad SMARTS) is 1. The summed E-state index contributed by atoms with van der Waals surface area (Å²) in [5.74, 6) is 1.31. The lowest BCUT2D eigenvalue weighted by molar-refractivity contribution is 0.187. The number of nitrogens with one attached hydrogen (secondary N) is 1. The van der Waals surface area contributed by atoms with Crippen LogP contribution in [-0.2, 0) is 0 Å². The van der Waals surface area contributed by atoms with Crippen molar-refractivity contribution in [2.24, 2.45) is 0 Å². The van der Waals surface area contributed by atoms with Crippen molar-refractivity contribution >= 4 is 6.09 Å². The maximum absolute atomic E-state index is 10.5. The predicted molar refractivity (Wildman–Crippen MR) is 66.4 cm³/mol. The second kappa shape index (κ2) is 6.98. The molecule has 0 fully saturated rings. The number of rotatable bonds is 7. The Morgan fingerprint density at radius 1 is 1.39 bits per heavy atom. The molecule has 0 aliphatic rings. The van der Waals surface area contributed by atoms with Crippen LogP contribution in [0.3, 0.4) is 0 Å². The molecule has 2 N–H and O–H groups in total. The van der Waals surface area contributed by atoms with Crippen LogP contribution in [0.25, 0.3) is 0 Å². The molecule has 0 aliphatic heterocycles. The lowest BCUT2D eigenvalue weighted by atomic mass is 9.98. The van der Waals surface area contributed by atoms with E-state index in [4.69, 9.17) is 9.63 Å². The van der Waals surface area contributed by atoms with Gasteiger partial charge in [0.05, 0.1) is 0 Å². The number of hydrogen-bond acceptors (Lipinski definition) is 4. The van der Waals surface area contributed by atoms with Gasteiger partial charge in [-0.25, -0.2) is 4.79 Å². The Morgan fingerprint density at radius 3 is 2.50 bits per heavy atom. The highest BCUT2D eigenvalue weighted by atomic mass is 16.5. The molecule has 0 unspecified atom stereocenters. The third kappa shape index (κ3) is 4.01. The second-order valence-electron chi connectivity index (χ2n) is 4.44. The highest BCUT2D eigenvalue weighted by molar-refractivity contribution is 5.64. The van der Waals surface area contributed by atoms with Crippen molar-refractivity contribution in [1.82, 2.24) is 15.5 Å². The molecule has 0 aromatic carbocycles. The highest BCUT2D eigenvalue weighted by Crippen LogP contribution is 2.24. The monoisotopic (exact) mass is 255 g/mol. The minimum atomic E-state index is -1.10. The Morgan fingerprint density at radius 2 is 2.00 bits per heavy atom. The number of nitrogens with zero attached hydrogens (tertiary/aromatic N) is 2. The van der Waals surface area contributed by atoms with Crippen LogP contribution in [0.4, 0.5) is 4.79 Å². The Bertz CT molecular complexity index is 372. The molecule has 6 nitrogen and oxygen atoms in total. The van der Waals surface area contributed by atoms with Crippen molar-refractivity contribution in [2.45, 2.75) is 58.4 Å². The fourth-order valence-electron chi connectivity index (χ4n) is 1.94. The third-order valence-corrected chi connectivity index (χ3v) is 2.81. The van der Waals surface area contributed by atoms with Gasteiger partial charge in [-0.05, 0) is 19.8 Å². The maximum atomic E-state index is 10.5. The largest absolute Gasteiger partial charge is 0.465 e. The van der Waals surface area contributed by atoms with Crippen molar-refractivity contribution in [2.75, 3.05) is 0 Å². The molecule has 1 aromatic heterocycles. The molecule has 1 aromatic rings. The van der Waals surface area contributed by atoms with E-state index >= 15 is 0 Å². The van der Waals surface area contributed by atoms with Gasteiger partial charge >= 0.3 is 6.09 Å². The zero-order valence-corrected chi connectivity index (χ0v) is 11.1. The normalized spacial score (nSPS) is 12.7. The standard InChI is InChI=1S/C12H21N3O3/c1-4-6-9(7-5-2)10-14-11(18-15-10)8(3)13-12(16)17/h8-9,13H,4-7H2,1-3H3,(H,16,17)/t8-/m0/s1. The van der Waals surface area contributed by atoms with E-state index in [1.54, 1.807) is 6.92 Å². The molecule has 0 aliphatic carbocycles. The van der Waals surface area contributed by atoms with Crippen LogP contribution in [0.5, 0.6) is 0 Å². The summed E-state index contributed by atoms with van der Waals surface area (Å²) in [5, 5.41) is 14.9. The second-order valence-corrected chi connectivity index (χ2v) is 4.44. The predicted octanol–water partition coefficient (Wildman–Crippen LogP) is 3.08. The van der Waals surface area contributed by atoms with Crippen LogP contribution < -0.4 is 5.32 Å². The first-order valence-corrected chi connectivity index (χ1v) is 6.41. The van der Waals surface area contributed by atoms with Crippen LogP contribution in [-0.4, -0.2) is 21.3 Å². The number of carbonyl (C=O) groups is 1. The van der Waals surface area contributed by atoms with E-state index in [9.17, 15) is 4.79 Å². The van der Waals surface area contributed by atoms with E-state index in [1.807, 2.05) is 0 Å². The van der Waals surface area contributed by atoms with E-state index in [-0.39, 0.29) is 0 Å². The van der Waals surface area contributed by atoms with Gasteiger partial charge in [0.15, 0.2) is 5.82 Å². The van der Waals surface area contributed by atoms with Gasteiger partial charge < -0.3 is 14.9 Å². The zero-order valence-electron chi connectivity index (χ0n) is 11.1. The quantitative estimate of drug-likeness (QED) is 0.781. The van der Waals surface area contributed by atoms with Crippen LogP contribution in [0.2, 0.25) is 0 Å². The lowest BCUT2D eigenvalue weighted by Crippen LogP contribution is -2.24. The Hall–Kier alpha value is -1.59. The summed E-state index contributed by atoms with van der Waals surface area (Å²) >= 11 is 0. The first kappa shape index (κ1) is 14.5. The van der Waals surface area contributed by atoms with Crippen molar-refractivity contribution in [3.05, 3.63) is 11.7 Å². The fraction of sp³-hybridized carbons (Fsp3) is 0.750. The van der Waals surface area contributed by atoms with Gasteiger partial charge in [-0.2, -0.15) is 4.98 Å². The molecular weight excluding hydrogens is 234 g/mol. The highest BCUT2D eigenvalue weighted by Gasteiger charge is 2.20. The summed E-state index contributed by atoms with van der Waals surface area (Å²) in [6, 6.07) is -0.479. The summed E-state index contributed by atoms with van der Waals surface area (Å²) < 4.78 is 5.11. The SMILES string of the molecule is CCCC(CCC)c1noc([C@H](C)NC(=O)O)n1. The zero-order chi connectivity index (χ0) is 13.5. The molecular formula is C12H21N3O3. The molecule has 18 heavy (non-hydrogen) atoms. The van der Waals surface area contributed by atoms with Gasteiger partial charge in [-0.15, -0.1) is 0 Å². The third-order valence-electron chi connectivity index (χ3n) is 2.81. The van der Waals surface area contributed by atoms with Gasteiger partial charge in [-0.3, -0.25) is 0 Å². The molecule has 0 spiro atoms. The maximum Gasteiger partial charge on any atom is 0.405 e. The Labute approximate surface area is 107 Å². The average molecular weight is 255 g/mol. The minimum absolute atomic E-state index is 0.300. The molecule has 1 atom stereocenters. The van der Waals surface area contributed by atoms with Crippen LogP contribution >= 0.6 is 0 Å². The Balaban J connectivity index is 2.73. The van der Waals surface area contributed by atoms with Gasteiger partial charge in [0.2, 0.25) is 5.89 Å². The number of hydrogen-bond donors (Lipinski definition) is 2. The first-order valence-electron chi connectivity index (χ1n) is 6.41. The molecule has 1 amide bonds. The van der Waals surface area contributed by atoms with Crippen molar-refractivity contribution in [3.8, 4) is 0 Å². The number of amides is 1. The smallest absolute Gasteiger partial charge is 0.405 e. The van der Waals surface area contributed by atoms with E-state index in [0.717, 1.165) is 25.7 Å². The Kier molecular flexibility index (Phi) is 5.61. The van der Waals surface area contributed by atoms with Crippen LogP contribution in [0.1, 0.15) is 70.1 Å². The first-order chi connectivity index (χ1) is 8.58. The van der Waals surface area contributed by atoms with Crippen molar-refractivity contribution in [1.29, 1.82) is 0 Å².